The highest BCUT2D eigenvalue weighted by Crippen LogP contribution is 2.27. The first kappa shape index (κ1) is 14.9. The molecule has 4 heteroatoms. The molecule has 0 bridgehead atoms. The quantitative estimate of drug-likeness (QED) is 0.766. The van der Waals surface area contributed by atoms with Gasteiger partial charge in [-0.25, -0.2) is 0 Å². The highest BCUT2D eigenvalue weighted by molar-refractivity contribution is 5.78. The third-order valence-electron chi connectivity index (χ3n) is 3.16. The first-order valence-electron chi connectivity index (χ1n) is 6.65. The summed E-state index contributed by atoms with van der Waals surface area (Å²) in [5.74, 6) is 0.441. The topological polar surface area (TPSA) is 44.8 Å². The van der Waals surface area contributed by atoms with E-state index in [1.54, 1.807) is 13.2 Å². The third-order valence-corrected chi connectivity index (χ3v) is 3.16. The van der Waals surface area contributed by atoms with Crippen LogP contribution in [0.25, 0.3) is 0 Å². The molecular weight excluding hydrogens is 268 g/mol. The van der Waals surface area contributed by atoms with Crippen molar-refractivity contribution in [1.82, 2.24) is 0 Å². The highest BCUT2D eigenvalue weighted by Gasteiger charge is 2.22. The van der Waals surface area contributed by atoms with Crippen molar-refractivity contribution in [2.75, 3.05) is 20.8 Å². The van der Waals surface area contributed by atoms with Crippen LogP contribution in [0.3, 0.4) is 0 Å². The first-order valence-corrected chi connectivity index (χ1v) is 6.65. The van der Waals surface area contributed by atoms with Crippen molar-refractivity contribution in [2.45, 2.75) is 5.92 Å². The summed E-state index contributed by atoms with van der Waals surface area (Å²) < 4.78 is 15.8. The molecular formula is C17H18O4. The molecule has 0 N–H and O–H groups in total. The van der Waals surface area contributed by atoms with Gasteiger partial charge in [-0.15, -0.1) is 0 Å². The van der Waals surface area contributed by atoms with E-state index in [-0.39, 0.29) is 12.6 Å². The molecule has 2 aromatic rings. The van der Waals surface area contributed by atoms with Crippen LogP contribution in [0.4, 0.5) is 0 Å². The molecule has 0 aliphatic rings. The number of hydrogen-bond donors (Lipinski definition) is 0. The molecule has 0 saturated heterocycles. The van der Waals surface area contributed by atoms with Crippen LogP contribution in [0.15, 0.2) is 54.6 Å². The molecule has 4 nitrogen and oxygen atoms in total. The summed E-state index contributed by atoms with van der Waals surface area (Å²) in [5, 5.41) is 0. The Kier molecular flexibility index (Phi) is 5.21. The fourth-order valence-corrected chi connectivity index (χ4v) is 2.04. The highest BCUT2D eigenvalue weighted by atomic mass is 16.5. The van der Waals surface area contributed by atoms with E-state index in [2.05, 4.69) is 0 Å². The summed E-state index contributed by atoms with van der Waals surface area (Å²) in [5.41, 5.74) is 0.860. The molecule has 110 valence electrons. The molecule has 0 fully saturated rings. The smallest absolute Gasteiger partial charge is 0.316 e. The first-order chi connectivity index (χ1) is 10.3. The normalized spacial score (nSPS) is 11.5. The Bertz CT molecular complexity index is 580. The molecule has 0 amide bonds. The molecule has 21 heavy (non-hydrogen) atoms. The van der Waals surface area contributed by atoms with Gasteiger partial charge in [0, 0.05) is 0 Å². The number of benzene rings is 2. The number of carbonyl (C=O) groups excluding carboxylic acids is 1. The van der Waals surface area contributed by atoms with Crippen LogP contribution < -0.4 is 9.47 Å². The van der Waals surface area contributed by atoms with E-state index < -0.39 is 5.92 Å². The van der Waals surface area contributed by atoms with Gasteiger partial charge in [-0.3, -0.25) is 4.79 Å². The van der Waals surface area contributed by atoms with Crippen molar-refractivity contribution < 1.29 is 19.0 Å². The van der Waals surface area contributed by atoms with Gasteiger partial charge in [-0.1, -0.05) is 42.5 Å². The lowest BCUT2D eigenvalue weighted by Gasteiger charge is -2.17. The molecule has 0 spiro atoms. The van der Waals surface area contributed by atoms with Crippen LogP contribution in [0.5, 0.6) is 11.5 Å². The number of ether oxygens (including phenoxy) is 3. The molecule has 2 rings (SSSR count). The lowest BCUT2D eigenvalue weighted by atomic mass is 10.0. The number of hydrogen-bond acceptors (Lipinski definition) is 4. The lowest BCUT2D eigenvalue weighted by molar-refractivity contribution is -0.143. The maximum atomic E-state index is 12.0. The van der Waals surface area contributed by atoms with Crippen molar-refractivity contribution in [1.29, 1.82) is 0 Å². The van der Waals surface area contributed by atoms with E-state index in [1.807, 2.05) is 48.5 Å². The van der Waals surface area contributed by atoms with Gasteiger partial charge >= 0.3 is 5.97 Å². The molecule has 0 aliphatic heterocycles. The molecule has 0 radical (unpaired) electrons. The van der Waals surface area contributed by atoms with Crippen LogP contribution in [0, 0.1) is 0 Å². The molecule has 0 aromatic heterocycles. The van der Waals surface area contributed by atoms with Gasteiger partial charge in [0.25, 0.3) is 0 Å². The van der Waals surface area contributed by atoms with Gasteiger partial charge in [0.15, 0.2) is 11.5 Å². The molecule has 0 aliphatic carbocycles. The number of carbonyl (C=O) groups is 1. The molecule has 1 atom stereocenters. The van der Waals surface area contributed by atoms with E-state index in [4.69, 9.17) is 14.2 Å². The molecule has 1 unspecified atom stereocenters. The summed E-state index contributed by atoms with van der Waals surface area (Å²) in [4.78, 5) is 12.0. The van der Waals surface area contributed by atoms with Crippen molar-refractivity contribution in [3.05, 3.63) is 60.2 Å². The number of esters is 1. The minimum Gasteiger partial charge on any atom is -0.493 e. The van der Waals surface area contributed by atoms with E-state index in [0.29, 0.717) is 11.5 Å². The summed E-state index contributed by atoms with van der Waals surface area (Å²) >= 11 is 0. The van der Waals surface area contributed by atoms with Gasteiger partial charge < -0.3 is 14.2 Å². The minimum absolute atomic E-state index is 0.192. The second-order valence-corrected chi connectivity index (χ2v) is 4.45. The van der Waals surface area contributed by atoms with E-state index in [1.165, 1.54) is 7.11 Å². The molecule has 0 saturated carbocycles. The predicted molar refractivity (Wildman–Crippen MR) is 79.7 cm³/mol. The van der Waals surface area contributed by atoms with Crippen LogP contribution in [0.1, 0.15) is 11.5 Å². The zero-order valence-electron chi connectivity index (χ0n) is 12.1. The average molecular weight is 286 g/mol. The second-order valence-electron chi connectivity index (χ2n) is 4.45. The Balaban J connectivity index is 2.15. The number of methoxy groups -OCH3 is 2. The summed E-state index contributed by atoms with van der Waals surface area (Å²) in [7, 11) is 2.96. The summed E-state index contributed by atoms with van der Waals surface area (Å²) in [6, 6.07) is 16.8. The van der Waals surface area contributed by atoms with Gasteiger partial charge in [-0.2, -0.15) is 0 Å². The average Bonchev–Trinajstić information content (AvgIpc) is 2.56. The fraction of sp³-hybridized carbons (Fsp3) is 0.235. The van der Waals surface area contributed by atoms with Crippen LogP contribution >= 0.6 is 0 Å². The van der Waals surface area contributed by atoms with Crippen LogP contribution in [-0.4, -0.2) is 26.8 Å². The van der Waals surface area contributed by atoms with Crippen molar-refractivity contribution in [2.24, 2.45) is 0 Å². The maximum Gasteiger partial charge on any atom is 0.316 e. The van der Waals surface area contributed by atoms with Gasteiger partial charge in [0.2, 0.25) is 0 Å². The minimum atomic E-state index is -0.471. The molecule has 2 aromatic carbocycles. The third kappa shape index (κ3) is 3.75. The Morgan fingerprint density at radius 1 is 0.952 bits per heavy atom. The Hall–Kier alpha value is -2.49. The zero-order valence-corrected chi connectivity index (χ0v) is 12.1. The monoisotopic (exact) mass is 286 g/mol. The predicted octanol–water partition coefficient (Wildman–Crippen LogP) is 3.03. The zero-order chi connectivity index (χ0) is 15.1. The number of para-hydroxylation sites is 2. The van der Waals surface area contributed by atoms with E-state index in [0.717, 1.165) is 5.56 Å². The standard InChI is InChI=1S/C17H18O4/c1-19-15-10-6-7-11-16(15)21-12-14(17(18)20-2)13-8-4-3-5-9-13/h3-11,14H,12H2,1-2H3. The largest absolute Gasteiger partial charge is 0.493 e. The fourth-order valence-electron chi connectivity index (χ4n) is 2.04. The summed E-state index contributed by atoms with van der Waals surface area (Å²) in [6.45, 7) is 0.192. The SMILES string of the molecule is COC(=O)C(COc1ccccc1OC)c1ccccc1. The van der Waals surface area contributed by atoms with Crippen LogP contribution in [-0.2, 0) is 9.53 Å². The Labute approximate surface area is 124 Å². The molecule has 0 heterocycles. The van der Waals surface area contributed by atoms with Crippen molar-refractivity contribution in [3.63, 3.8) is 0 Å². The van der Waals surface area contributed by atoms with Gasteiger partial charge in [-0.05, 0) is 17.7 Å². The lowest BCUT2D eigenvalue weighted by Crippen LogP contribution is -2.21. The van der Waals surface area contributed by atoms with Gasteiger partial charge in [0.05, 0.1) is 14.2 Å². The van der Waals surface area contributed by atoms with Gasteiger partial charge in [0.1, 0.15) is 12.5 Å². The van der Waals surface area contributed by atoms with E-state index in [9.17, 15) is 4.79 Å². The Morgan fingerprint density at radius 2 is 1.57 bits per heavy atom. The van der Waals surface area contributed by atoms with Crippen molar-refractivity contribution in [3.8, 4) is 11.5 Å². The maximum absolute atomic E-state index is 12.0. The van der Waals surface area contributed by atoms with E-state index >= 15 is 0 Å². The number of rotatable bonds is 6. The Morgan fingerprint density at radius 3 is 2.19 bits per heavy atom. The summed E-state index contributed by atoms with van der Waals surface area (Å²) in [6.07, 6.45) is 0. The second kappa shape index (κ2) is 7.33. The van der Waals surface area contributed by atoms with Crippen molar-refractivity contribution >= 4 is 5.97 Å². The van der Waals surface area contributed by atoms with Crippen LogP contribution in [0.2, 0.25) is 0 Å².